The van der Waals surface area contributed by atoms with Crippen LogP contribution < -0.4 is 10.5 Å². The van der Waals surface area contributed by atoms with Crippen molar-refractivity contribution in [3.63, 3.8) is 0 Å². The molecule has 4 rings (SSSR count). The summed E-state index contributed by atoms with van der Waals surface area (Å²) >= 11 is 0. The average Bonchev–Trinajstić information content (AvgIpc) is 3.42. The number of aromatic nitrogens is 4. The fourth-order valence-electron chi connectivity index (χ4n) is 4.35. The number of benzene rings is 1. The summed E-state index contributed by atoms with van der Waals surface area (Å²) in [4.78, 5) is 13.9. The zero-order valence-electron chi connectivity index (χ0n) is 16.7. The fraction of sp³-hybridized carbons (Fsp3) is 0.600. The highest BCUT2D eigenvalue weighted by Gasteiger charge is 2.34. The van der Waals surface area contributed by atoms with Crippen molar-refractivity contribution >= 4 is 5.91 Å². The molecule has 1 amide bonds. The SMILES string of the molecule is COc1ccccc1[C@@H](c1nnnn1C[C@@H]1CCCO1)N1CCC(C(N)=O)CC1. The van der Waals surface area contributed by atoms with E-state index in [1.807, 2.05) is 22.9 Å². The monoisotopic (exact) mass is 400 g/mol. The highest BCUT2D eigenvalue weighted by atomic mass is 16.5. The number of tetrazole rings is 1. The van der Waals surface area contributed by atoms with E-state index in [2.05, 4.69) is 26.5 Å². The highest BCUT2D eigenvalue weighted by Crippen LogP contribution is 2.36. The maximum atomic E-state index is 11.6. The number of carbonyl (C=O) groups is 1. The van der Waals surface area contributed by atoms with Gasteiger partial charge in [-0.05, 0) is 55.3 Å². The van der Waals surface area contributed by atoms with E-state index in [-0.39, 0.29) is 24.0 Å². The standard InChI is InChI=1S/C20H28N6O3/c1-28-17-7-3-2-6-16(17)18(25-10-8-14(9-11-25)19(21)27)20-22-23-24-26(20)13-15-5-4-12-29-15/h2-3,6-7,14-15,18H,4-5,8-13H2,1H3,(H2,21,27)/t15-,18-/m0/s1. The number of hydrogen-bond donors (Lipinski definition) is 1. The van der Waals surface area contributed by atoms with E-state index in [0.717, 1.165) is 62.5 Å². The van der Waals surface area contributed by atoms with E-state index in [4.69, 9.17) is 15.2 Å². The normalized spacial score (nSPS) is 21.9. The number of methoxy groups -OCH3 is 1. The highest BCUT2D eigenvalue weighted by molar-refractivity contribution is 5.76. The van der Waals surface area contributed by atoms with Crippen molar-refractivity contribution < 1.29 is 14.3 Å². The summed E-state index contributed by atoms with van der Waals surface area (Å²) in [5, 5.41) is 12.6. The van der Waals surface area contributed by atoms with E-state index in [0.29, 0.717) is 6.54 Å². The largest absolute Gasteiger partial charge is 0.496 e. The number of para-hydroxylation sites is 1. The average molecular weight is 400 g/mol. The van der Waals surface area contributed by atoms with Crippen LogP contribution in [0.5, 0.6) is 5.75 Å². The molecule has 156 valence electrons. The van der Waals surface area contributed by atoms with Crippen LogP contribution in [-0.2, 0) is 16.1 Å². The van der Waals surface area contributed by atoms with E-state index >= 15 is 0 Å². The lowest BCUT2D eigenvalue weighted by Crippen LogP contribution is -2.41. The second-order valence-corrected chi connectivity index (χ2v) is 7.71. The Kier molecular flexibility index (Phi) is 6.05. The van der Waals surface area contributed by atoms with Crippen LogP contribution in [0.4, 0.5) is 0 Å². The molecule has 2 fully saturated rings. The first-order chi connectivity index (χ1) is 14.2. The Hall–Kier alpha value is -2.52. The van der Waals surface area contributed by atoms with Gasteiger partial charge >= 0.3 is 0 Å². The smallest absolute Gasteiger partial charge is 0.220 e. The van der Waals surface area contributed by atoms with Crippen molar-refractivity contribution in [1.29, 1.82) is 0 Å². The molecule has 2 aromatic rings. The van der Waals surface area contributed by atoms with Crippen LogP contribution in [-0.4, -0.2) is 63.9 Å². The second-order valence-electron chi connectivity index (χ2n) is 7.71. The van der Waals surface area contributed by atoms with E-state index in [1.54, 1.807) is 7.11 Å². The molecule has 0 bridgehead atoms. The van der Waals surface area contributed by atoms with Gasteiger partial charge in [0.25, 0.3) is 0 Å². The molecule has 1 aromatic carbocycles. The number of hydrogen-bond acceptors (Lipinski definition) is 7. The first-order valence-electron chi connectivity index (χ1n) is 10.2. The lowest BCUT2D eigenvalue weighted by Gasteiger charge is -2.36. The number of nitrogens with zero attached hydrogens (tertiary/aromatic N) is 5. The van der Waals surface area contributed by atoms with Gasteiger partial charge in [0.15, 0.2) is 5.82 Å². The van der Waals surface area contributed by atoms with Gasteiger partial charge in [0.05, 0.1) is 19.8 Å². The number of carbonyl (C=O) groups excluding carboxylic acids is 1. The molecule has 0 aliphatic carbocycles. The van der Waals surface area contributed by atoms with Crippen LogP contribution >= 0.6 is 0 Å². The molecule has 2 saturated heterocycles. The predicted molar refractivity (Wildman–Crippen MR) is 105 cm³/mol. The minimum Gasteiger partial charge on any atom is -0.496 e. The Balaban J connectivity index is 1.66. The van der Waals surface area contributed by atoms with Crippen molar-refractivity contribution in [2.75, 3.05) is 26.8 Å². The van der Waals surface area contributed by atoms with Crippen LogP contribution in [0.25, 0.3) is 0 Å². The molecule has 29 heavy (non-hydrogen) atoms. The summed E-state index contributed by atoms with van der Waals surface area (Å²) in [6, 6.07) is 7.78. The molecule has 2 atom stereocenters. The topological polar surface area (TPSA) is 108 Å². The quantitative estimate of drug-likeness (QED) is 0.742. The van der Waals surface area contributed by atoms with Gasteiger partial charge in [-0.2, -0.15) is 0 Å². The molecular formula is C20H28N6O3. The maximum Gasteiger partial charge on any atom is 0.220 e. The molecule has 0 spiro atoms. The third-order valence-corrected chi connectivity index (χ3v) is 5.94. The molecule has 2 aliphatic heterocycles. The third kappa shape index (κ3) is 4.25. The third-order valence-electron chi connectivity index (χ3n) is 5.94. The van der Waals surface area contributed by atoms with Crippen molar-refractivity contribution in [3.05, 3.63) is 35.7 Å². The van der Waals surface area contributed by atoms with Crippen molar-refractivity contribution in [3.8, 4) is 5.75 Å². The summed E-state index contributed by atoms with van der Waals surface area (Å²) in [5.74, 6) is 1.26. The van der Waals surface area contributed by atoms with Gasteiger partial charge in [0, 0.05) is 18.1 Å². The zero-order valence-corrected chi connectivity index (χ0v) is 16.7. The number of likely N-dealkylation sites (tertiary alicyclic amines) is 1. The minimum absolute atomic E-state index is 0.0764. The van der Waals surface area contributed by atoms with Gasteiger partial charge < -0.3 is 15.2 Å². The second kappa shape index (κ2) is 8.87. The van der Waals surface area contributed by atoms with Gasteiger partial charge in [-0.1, -0.05) is 18.2 Å². The van der Waals surface area contributed by atoms with E-state index in [9.17, 15) is 4.79 Å². The zero-order chi connectivity index (χ0) is 20.2. The molecule has 0 unspecified atom stereocenters. The Morgan fingerprint density at radius 3 is 2.79 bits per heavy atom. The number of amides is 1. The lowest BCUT2D eigenvalue weighted by atomic mass is 9.93. The fourth-order valence-corrected chi connectivity index (χ4v) is 4.35. The van der Waals surface area contributed by atoms with E-state index < -0.39 is 0 Å². The minimum atomic E-state index is -0.221. The summed E-state index contributed by atoms with van der Waals surface area (Å²) in [6.45, 7) is 2.90. The van der Waals surface area contributed by atoms with Crippen molar-refractivity contribution in [1.82, 2.24) is 25.1 Å². The summed E-state index contributed by atoms with van der Waals surface area (Å²) in [6.07, 6.45) is 3.68. The molecule has 9 nitrogen and oxygen atoms in total. The van der Waals surface area contributed by atoms with Gasteiger partial charge in [-0.3, -0.25) is 9.69 Å². The number of nitrogens with two attached hydrogens (primary N) is 1. The summed E-state index contributed by atoms with van der Waals surface area (Å²) < 4.78 is 13.3. The molecule has 0 radical (unpaired) electrons. The number of ether oxygens (including phenoxy) is 2. The van der Waals surface area contributed by atoms with Crippen LogP contribution in [0.15, 0.2) is 24.3 Å². The predicted octanol–water partition coefficient (Wildman–Crippen LogP) is 1.15. The molecule has 3 heterocycles. The first-order valence-corrected chi connectivity index (χ1v) is 10.2. The van der Waals surface area contributed by atoms with Gasteiger partial charge in [0.1, 0.15) is 11.8 Å². The lowest BCUT2D eigenvalue weighted by molar-refractivity contribution is -0.123. The number of primary amides is 1. The first kappa shape index (κ1) is 19.8. The van der Waals surface area contributed by atoms with Crippen LogP contribution in [0, 0.1) is 5.92 Å². The Morgan fingerprint density at radius 2 is 2.10 bits per heavy atom. The maximum absolute atomic E-state index is 11.6. The summed E-state index contributed by atoms with van der Waals surface area (Å²) in [7, 11) is 1.67. The summed E-state index contributed by atoms with van der Waals surface area (Å²) in [5.41, 5.74) is 6.54. The van der Waals surface area contributed by atoms with Crippen molar-refractivity contribution in [2.24, 2.45) is 11.7 Å². The van der Waals surface area contributed by atoms with Crippen molar-refractivity contribution in [2.45, 2.75) is 44.4 Å². The van der Waals surface area contributed by atoms with Gasteiger partial charge in [-0.15, -0.1) is 5.10 Å². The molecule has 1 aromatic heterocycles. The van der Waals surface area contributed by atoms with Gasteiger partial charge in [0.2, 0.25) is 5.91 Å². The van der Waals surface area contributed by atoms with Crippen LogP contribution in [0.2, 0.25) is 0 Å². The molecule has 2 N–H and O–H groups in total. The Morgan fingerprint density at radius 1 is 1.31 bits per heavy atom. The van der Waals surface area contributed by atoms with Gasteiger partial charge in [-0.25, -0.2) is 4.68 Å². The van der Waals surface area contributed by atoms with Crippen LogP contribution in [0.1, 0.15) is 43.1 Å². The van der Waals surface area contributed by atoms with Crippen LogP contribution in [0.3, 0.4) is 0 Å². The Labute approximate surface area is 170 Å². The molecule has 2 aliphatic rings. The number of rotatable bonds is 7. The number of piperidine rings is 1. The molecular weight excluding hydrogens is 372 g/mol. The molecule has 9 heteroatoms. The molecule has 0 saturated carbocycles. The Bertz CT molecular complexity index is 827. The van der Waals surface area contributed by atoms with E-state index in [1.165, 1.54) is 0 Å².